The average molecular weight is 256 g/mol. The van der Waals surface area contributed by atoms with Crippen LogP contribution in [0.25, 0.3) is 11.4 Å². The van der Waals surface area contributed by atoms with Gasteiger partial charge in [0, 0.05) is 5.56 Å². The molecule has 3 rings (SSSR count). The van der Waals surface area contributed by atoms with Crippen molar-refractivity contribution in [3.8, 4) is 17.1 Å². The minimum Gasteiger partial charge on any atom is -0.493 e. The van der Waals surface area contributed by atoms with Crippen molar-refractivity contribution >= 4 is 0 Å². The van der Waals surface area contributed by atoms with E-state index in [1.54, 1.807) is 0 Å². The van der Waals surface area contributed by atoms with Crippen molar-refractivity contribution in [3.05, 3.63) is 45.9 Å². The van der Waals surface area contributed by atoms with Gasteiger partial charge in [0.05, 0.1) is 17.9 Å². The largest absolute Gasteiger partial charge is 0.493 e. The van der Waals surface area contributed by atoms with E-state index in [1.165, 1.54) is 0 Å². The third kappa shape index (κ3) is 2.14. The van der Waals surface area contributed by atoms with Gasteiger partial charge >= 0.3 is 0 Å². The molecule has 0 spiro atoms. The third-order valence-electron chi connectivity index (χ3n) is 3.38. The maximum Gasteiger partial charge on any atom is 0.254 e. The highest BCUT2D eigenvalue weighted by Gasteiger charge is 2.18. The highest BCUT2D eigenvalue weighted by Crippen LogP contribution is 2.28. The molecule has 0 amide bonds. The molecule has 0 saturated carbocycles. The van der Waals surface area contributed by atoms with Crippen LogP contribution in [0.4, 0.5) is 0 Å². The zero-order valence-electron chi connectivity index (χ0n) is 10.9. The molecule has 0 radical (unpaired) electrons. The molecule has 0 atom stereocenters. The minimum atomic E-state index is -0.0104. The molecule has 0 fully saturated rings. The summed E-state index contributed by atoms with van der Waals surface area (Å²) in [6, 6.07) is 7.65. The first-order chi connectivity index (χ1) is 9.29. The second-order valence-corrected chi connectivity index (χ2v) is 4.62. The van der Waals surface area contributed by atoms with Gasteiger partial charge in [0.1, 0.15) is 11.6 Å². The highest BCUT2D eigenvalue weighted by molar-refractivity contribution is 5.64. The fourth-order valence-corrected chi connectivity index (χ4v) is 2.51. The Labute approximate surface area is 111 Å². The van der Waals surface area contributed by atoms with E-state index < -0.39 is 0 Å². The van der Waals surface area contributed by atoms with Crippen LogP contribution in [0.1, 0.15) is 24.6 Å². The van der Waals surface area contributed by atoms with Crippen LogP contribution in [-0.2, 0) is 12.8 Å². The van der Waals surface area contributed by atoms with Crippen molar-refractivity contribution in [1.29, 1.82) is 0 Å². The summed E-state index contributed by atoms with van der Waals surface area (Å²) in [5.41, 5.74) is 2.61. The molecular formula is C15H16N2O2. The third-order valence-corrected chi connectivity index (χ3v) is 3.38. The van der Waals surface area contributed by atoms with Gasteiger partial charge in [-0.1, -0.05) is 12.1 Å². The Bertz CT molecular complexity index is 661. The Morgan fingerprint density at radius 1 is 1.32 bits per heavy atom. The van der Waals surface area contributed by atoms with Gasteiger partial charge in [0.2, 0.25) is 0 Å². The maximum atomic E-state index is 12.0. The second-order valence-electron chi connectivity index (χ2n) is 4.62. The first kappa shape index (κ1) is 12.0. The summed E-state index contributed by atoms with van der Waals surface area (Å²) >= 11 is 0. The topological polar surface area (TPSA) is 55.0 Å². The molecule has 98 valence electrons. The number of fused-ring (bicyclic) bond motifs is 1. The highest BCUT2D eigenvalue weighted by atomic mass is 16.5. The summed E-state index contributed by atoms with van der Waals surface area (Å²) in [5.74, 6) is 1.36. The predicted octanol–water partition coefficient (Wildman–Crippen LogP) is 2.32. The standard InChI is InChI=1S/C15H16N2O2/c1-2-19-13-9-4-3-6-11(13)14-16-12-8-5-7-10(12)15(18)17-14/h3-4,6,9H,2,5,7-8H2,1H3,(H,16,17,18). The van der Waals surface area contributed by atoms with Crippen molar-refractivity contribution < 1.29 is 4.74 Å². The van der Waals surface area contributed by atoms with Crippen LogP contribution in [0.3, 0.4) is 0 Å². The van der Waals surface area contributed by atoms with E-state index in [1.807, 2.05) is 31.2 Å². The summed E-state index contributed by atoms with van der Waals surface area (Å²) in [4.78, 5) is 19.5. The van der Waals surface area contributed by atoms with Gasteiger partial charge in [0.15, 0.2) is 0 Å². The summed E-state index contributed by atoms with van der Waals surface area (Å²) in [5, 5.41) is 0. The van der Waals surface area contributed by atoms with Crippen molar-refractivity contribution in [2.75, 3.05) is 6.61 Å². The smallest absolute Gasteiger partial charge is 0.254 e. The van der Waals surface area contributed by atoms with E-state index in [-0.39, 0.29) is 5.56 Å². The van der Waals surface area contributed by atoms with E-state index in [2.05, 4.69) is 9.97 Å². The van der Waals surface area contributed by atoms with E-state index in [0.717, 1.165) is 41.8 Å². The van der Waals surface area contributed by atoms with Crippen LogP contribution in [0.15, 0.2) is 29.1 Å². The average Bonchev–Trinajstić information content (AvgIpc) is 2.88. The number of hydrogen-bond donors (Lipinski definition) is 1. The summed E-state index contributed by atoms with van der Waals surface area (Å²) in [7, 11) is 0. The molecular weight excluding hydrogens is 240 g/mol. The second kappa shape index (κ2) is 4.88. The number of H-pyrrole nitrogens is 1. The number of aryl methyl sites for hydroxylation is 1. The lowest BCUT2D eigenvalue weighted by Gasteiger charge is -2.10. The number of hydrogen-bond acceptors (Lipinski definition) is 3. The van der Waals surface area contributed by atoms with Crippen molar-refractivity contribution in [2.45, 2.75) is 26.2 Å². The van der Waals surface area contributed by atoms with Crippen LogP contribution >= 0.6 is 0 Å². The van der Waals surface area contributed by atoms with Gasteiger partial charge in [-0.2, -0.15) is 0 Å². The SMILES string of the molecule is CCOc1ccccc1-c1nc2c(c(=O)[nH]1)CCC2. The van der Waals surface area contributed by atoms with Crippen molar-refractivity contribution in [2.24, 2.45) is 0 Å². The fourth-order valence-electron chi connectivity index (χ4n) is 2.51. The fraction of sp³-hybridized carbons (Fsp3) is 0.333. The van der Waals surface area contributed by atoms with Crippen molar-refractivity contribution in [3.63, 3.8) is 0 Å². The lowest BCUT2D eigenvalue weighted by molar-refractivity contribution is 0.341. The minimum absolute atomic E-state index is 0.0104. The Balaban J connectivity index is 2.13. The maximum absolute atomic E-state index is 12.0. The molecule has 1 heterocycles. The van der Waals surface area contributed by atoms with E-state index >= 15 is 0 Å². The lowest BCUT2D eigenvalue weighted by atomic mass is 10.1. The molecule has 19 heavy (non-hydrogen) atoms. The van der Waals surface area contributed by atoms with E-state index in [4.69, 9.17) is 4.74 Å². The summed E-state index contributed by atoms with van der Waals surface area (Å²) in [6.45, 7) is 2.53. The summed E-state index contributed by atoms with van der Waals surface area (Å²) in [6.07, 6.45) is 2.75. The van der Waals surface area contributed by atoms with Crippen LogP contribution in [-0.4, -0.2) is 16.6 Å². The molecule has 4 nitrogen and oxygen atoms in total. The quantitative estimate of drug-likeness (QED) is 0.917. The molecule has 1 N–H and O–H groups in total. The van der Waals surface area contributed by atoms with Gasteiger partial charge < -0.3 is 9.72 Å². The molecule has 0 bridgehead atoms. The zero-order chi connectivity index (χ0) is 13.2. The van der Waals surface area contributed by atoms with Gasteiger partial charge in [-0.3, -0.25) is 4.79 Å². The van der Waals surface area contributed by atoms with Crippen LogP contribution < -0.4 is 10.3 Å². The zero-order valence-corrected chi connectivity index (χ0v) is 10.9. The van der Waals surface area contributed by atoms with Crippen LogP contribution in [0.5, 0.6) is 5.75 Å². The Morgan fingerprint density at radius 2 is 2.16 bits per heavy atom. The molecule has 1 aromatic heterocycles. The van der Waals surface area contributed by atoms with Crippen LogP contribution in [0, 0.1) is 0 Å². The monoisotopic (exact) mass is 256 g/mol. The molecule has 4 heteroatoms. The summed E-state index contributed by atoms with van der Waals surface area (Å²) < 4.78 is 5.59. The van der Waals surface area contributed by atoms with Gasteiger partial charge in [0.25, 0.3) is 5.56 Å². The first-order valence-electron chi connectivity index (χ1n) is 6.64. The number of rotatable bonds is 3. The number of ether oxygens (including phenoxy) is 1. The van der Waals surface area contributed by atoms with Crippen LogP contribution in [0.2, 0.25) is 0 Å². The normalized spacial score (nSPS) is 13.3. The Morgan fingerprint density at radius 3 is 3.00 bits per heavy atom. The molecule has 0 unspecified atom stereocenters. The van der Waals surface area contributed by atoms with Crippen molar-refractivity contribution in [1.82, 2.24) is 9.97 Å². The van der Waals surface area contributed by atoms with Gasteiger partial charge in [-0.05, 0) is 38.3 Å². The molecule has 0 aliphatic heterocycles. The van der Waals surface area contributed by atoms with E-state index in [9.17, 15) is 4.79 Å². The molecule has 0 saturated heterocycles. The number of aromatic nitrogens is 2. The Kier molecular flexibility index (Phi) is 3.07. The Hall–Kier alpha value is -2.10. The molecule has 1 aliphatic rings. The van der Waals surface area contributed by atoms with E-state index in [0.29, 0.717) is 12.4 Å². The van der Waals surface area contributed by atoms with Gasteiger partial charge in [-0.15, -0.1) is 0 Å². The molecule has 1 aromatic carbocycles. The van der Waals surface area contributed by atoms with Gasteiger partial charge in [-0.25, -0.2) is 4.98 Å². The number of nitrogens with one attached hydrogen (secondary N) is 1. The number of para-hydroxylation sites is 1. The molecule has 2 aromatic rings. The predicted molar refractivity (Wildman–Crippen MR) is 73.5 cm³/mol. The number of nitrogens with zero attached hydrogens (tertiary/aromatic N) is 1. The first-order valence-corrected chi connectivity index (χ1v) is 6.64. The molecule has 1 aliphatic carbocycles. The number of aromatic amines is 1. The lowest BCUT2D eigenvalue weighted by Crippen LogP contribution is -2.15. The number of benzene rings is 1.